The molecule has 18 heteroatoms. The quantitative estimate of drug-likeness (QED) is 0.306. The zero-order chi connectivity index (χ0) is 31.8. The number of anilines is 1. The van der Waals surface area contributed by atoms with Crippen LogP contribution in [0.5, 0.6) is 0 Å². The number of alkyl halides is 3. The van der Waals surface area contributed by atoms with Crippen molar-refractivity contribution in [2.75, 3.05) is 38.0 Å². The van der Waals surface area contributed by atoms with E-state index in [1.807, 2.05) is 0 Å². The van der Waals surface area contributed by atoms with Crippen LogP contribution in [-0.2, 0) is 18.0 Å². The van der Waals surface area contributed by atoms with E-state index in [1.165, 1.54) is 46.9 Å². The van der Waals surface area contributed by atoms with E-state index in [2.05, 4.69) is 15.4 Å². The first-order valence-electron chi connectivity index (χ1n) is 14.2. The van der Waals surface area contributed by atoms with Crippen LogP contribution >= 0.6 is 36.4 Å². The maximum Gasteiger partial charge on any atom is 0.435 e. The number of nitrogens with two attached hydrogens (primary N) is 2. The summed E-state index contributed by atoms with van der Waals surface area (Å²) in [4.78, 5) is 46.1. The summed E-state index contributed by atoms with van der Waals surface area (Å²) in [7, 11) is 1.45. The first kappa shape index (κ1) is 37.1. The van der Waals surface area contributed by atoms with Gasteiger partial charge >= 0.3 is 6.18 Å². The number of piperazine rings is 1. The fourth-order valence-electron chi connectivity index (χ4n) is 5.13. The summed E-state index contributed by atoms with van der Waals surface area (Å²) in [6.07, 6.45) is 0.526. The van der Waals surface area contributed by atoms with Crippen molar-refractivity contribution in [3.05, 3.63) is 52.7 Å². The second-order valence-electron chi connectivity index (χ2n) is 10.9. The Morgan fingerprint density at radius 3 is 2.35 bits per heavy atom. The number of carbonyl (C=O) groups excluding carboxylic acids is 3. The van der Waals surface area contributed by atoms with Gasteiger partial charge in [0.25, 0.3) is 11.8 Å². The van der Waals surface area contributed by atoms with Gasteiger partial charge in [0.15, 0.2) is 11.5 Å². The van der Waals surface area contributed by atoms with Gasteiger partial charge in [-0.15, -0.1) is 24.8 Å². The number of halogens is 6. The van der Waals surface area contributed by atoms with Crippen LogP contribution in [0.3, 0.4) is 0 Å². The van der Waals surface area contributed by atoms with Crippen LogP contribution in [0.4, 0.5) is 18.9 Å². The van der Waals surface area contributed by atoms with Crippen LogP contribution < -0.4 is 16.8 Å². The van der Waals surface area contributed by atoms with Crippen LogP contribution in [0.15, 0.2) is 30.6 Å². The topological polar surface area (TPSA) is 157 Å². The normalized spacial score (nSPS) is 15.5. The summed E-state index contributed by atoms with van der Waals surface area (Å²) in [5, 5.41) is 6.48. The summed E-state index contributed by atoms with van der Waals surface area (Å²) in [5.74, 6) is -1.30. The van der Waals surface area contributed by atoms with Crippen LogP contribution in [-0.4, -0.2) is 85.6 Å². The smallest absolute Gasteiger partial charge is 0.338 e. The highest BCUT2D eigenvalue weighted by atomic mass is 35.5. The molecule has 1 aliphatic carbocycles. The number of nitrogens with one attached hydrogen (secondary N) is 1. The lowest BCUT2D eigenvalue weighted by Crippen LogP contribution is -2.54. The van der Waals surface area contributed by atoms with Crippen molar-refractivity contribution in [1.82, 2.24) is 29.1 Å². The van der Waals surface area contributed by atoms with Crippen LogP contribution in [0.25, 0.3) is 11.3 Å². The highest BCUT2D eigenvalue weighted by Crippen LogP contribution is 2.41. The van der Waals surface area contributed by atoms with Crippen molar-refractivity contribution < 1.29 is 27.6 Å². The van der Waals surface area contributed by atoms with Gasteiger partial charge in [-0.05, 0) is 50.4 Å². The molecule has 1 saturated carbocycles. The molecule has 0 radical (unpaired) electrons. The third-order valence-electron chi connectivity index (χ3n) is 7.76. The van der Waals surface area contributed by atoms with Crippen LogP contribution in [0.2, 0.25) is 5.02 Å². The molecule has 0 unspecified atom stereocenters. The van der Waals surface area contributed by atoms with Gasteiger partial charge in [-0.1, -0.05) is 11.6 Å². The molecule has 5 rings (SSSR count). The third-order valence-corrected chi connectivity index (χ3v) is 8.07. The van der Waals surface area contributed by atoms with Gasteiger partial charge in [-0.25, -0.2) is 4.98 Å². The Labute approximate surface area is 280 Å². The molecule has 1 saturated heterocycles. The number of rotatable bonds is 9. The molecule has 46 heavy (non-hydrogen) atoms. The van der Waals surface area contributed by atoms with Crippen molar-refractivity contribution >= 4 is 59.8 Å². The standard InChI is InChI=1S/C28H33ClF3N9O3.2ClH/c1-38-22(19-15-41(17-5-6-17)37-23(19)28(30,31)32)14-35-24(38)25(42)36-16-4-7-18(20(29)13-16)26(43)39-9-11-40(12-10-39)27(44)21(34)3-2-8-33;;/h4,7,13-15,17,21H,2-3,5-6,8-12,33-34H2,1H3,(H,36,42);2*1H/t21-;;/m0../s1. The van der Waals surface area contributed by atoms with Crippen LogP contribution in [0.1, 0.15) is 58.4 Å². The van der Waals surface area contributed by atoms with E-state index in [0.717, 1.165) is 12.8 Å². The Hall–Kier alpha value is -3.37. The van der Waals surface area contributed by atoms with E-state index < -0.39 is 23.8 Å². The maximum absolute atomic E-state index is 13.7. The molecule has 1 aliphatic heterocycles. The Kier molecular flexibility index (Phi) is 12.1. The molecule has 3 aromatic rings. The fraction of sp³-hybridized carbons (Fsp3) is 0.464. The molecule has 0 bridgehead atoms. The molecule has 252 valence electrons. The summed E-state index contributed by atoms with van der Waals surface area (Å²) in [6.45, 7) is 1.74. The first-order chi connectivity index (χ1) is 20.9. The lowest BCUT2D eigenvalue weighted by atomic mass is 10.1. The summed E-state index contributed by atoms with van der Waals surface area (Å²) >= 11 is 6.42. The molecule has 12 nitrogen and oxygen atoms in total. The highest BCUT2D eigenvalue weighted by Gasteiger charge is 2.40. The second kappa shape index (κ2) is 15.0. The van der Waals surface area contributed by atoms with Crippen molar-refractivity contribution in [3.63, 3.8) is 0 Å². The number of hydrogen-bond acceptors (Lipinski definition) is 7. The Morgan fingerprint density at radius 2 is 1.76 bits per heavy atom. The number of benzene rings is 1. The molecule has 2 fully saturated rings. The Morgan fingerprint density at radius 1 is 1.11 bits per heavy atom. The third kappa shape index (κ3) is 7.94. The molecule has 2 aromatic heterocycles. The van der Waals surface area contributed by atoms with Gasteiger partial charge in [-0.3, -0.25) is 19.1 Å². The largest absolute Gasteiger partial charge is 0.435 e. The average molecular weight is 709 g/mol. The Balaban J connectivity index is 0.00000288. The minimum atomic E-state index is -4.68. The van der Waals surface area contributed by atoms with Crippen molar-refractivity contribution in [3.8, 4) is 11.3 Å². The van der Waals surface area contributed by atoms with Gasteiger partial charge in [0, 0.05) is 45.1 Å². The molecule has 2 aliphatic rings. The second-order valence-corrected chi connectivity index (χ2v) is 11.3. The summed E-state index contributed by atoms with van der Waals surface area (Å²) < 4.78 is 43.8. The zero-order valence-corrected chi connectivity index (χ0v) is 27.2. The van der Waals surface area contributed by atoms with Crippen molar-refractivity contribution in [1.29, 1.82) is 0 Å². The summed E-state index contributed by atoms with van der Waals surface area (Å²) in [5.41, 5.74) is 10.8. The molecule has 1 aromatic carbocycles. The van der Waals surface area contributed by atoms with Gasteiger partial charge in [-0.2, -0.15) is 18.3 Å². The van der Waals surface area contributed by atoms with Gasteiger partial charge < -0.3 is 31.2 Å². The lowest BCUT2D eigenvalue weighted by Gasteiger charge is -2.36. The number of carbonyl (C=O) groups is 3. The minimum absolute atomic E-state index is 0. The first-order valence-corrected chi connectivity index (χ1v) is 14.6. The number of aromatic nitrogens is 4. The molecule has 1 atom stereocenters. The van der Waals surface area contributed by atoms with Gasteiger partial charge in [0.1, 0.15) is 0 Å². The average Bonchev–Trinajstić information content (AvgIpc) is 3.62. The number of hydrogen-bond donors (Lipinski definition) is 3. The van der Waals surface area contributed by atoms with Crippen molar-refractivity contribution in [2.24, 2.45) is 18.5 Å². The summed E-state index contributed by atoms with van der Waals surface area (Å²) in [6, 6.07) is 3.70. The zero-order valence-electron chi connectivity index (χ0n) is 24.8. The van der Waals surface area contributed by atoms with E-state index in [9.17, 15) is 27.6 Å². The Bertz CT molecular complexity index is 1570. The number of amides is 3. The van der Waals surface area contributed by atoms with E-state index in [-0.39, 0.29) is 76.0 Å². The predicted molar refractivity (Wildman–Crippen MR) is 170 cm³/mol. The number of imidazole rings is 1. The van der Waals surface area contributed by atoms with E-state index in [1.54, 1.807) is 9.80 Å². The van der Waals surface area contributed by atoms with E-state index >= 15 is 0 Å². The fourth-order valence-corrected chi connectivity index (χ4v) is 5.40. The number of nitrogens with zero attached hydrogens (tertiary/aromatic N) is 6. The van der Waals surface area contributed by atoms with Crippen LogP contribution in [0, 0.1) is 0 Å². The lowest BCUT2D eigenvalue weighted by molar-refractivity contribution is -0.141. The molecular formula is C28H35Cl3F3N9O3. The SMILES string of the molecule is Cl.Cl.Cn1c(-c2cn(C3CC3)nc2C(F)(F)F)cnc1C(=O)Nc1ccc(C(=O)N2CCN(C(=O)[C@@H](N)CCCN)CC2)c(Cl)c1. The molecular weight excluding hydrogens is 674 g/mol. The predicted octanol–water partition coefficient (Wildman–Crippen LogP) is 3.74. The molecule has 3 heterocycles. The van der Waals surface area contributed by atoms with Gasteiger partial charge in [0.2, 0.25) is 5.91 Å². The highest BCUT2D eigenvalue weighted by molar-refractivity contribution is 6.34. The monoisotopic (exact) mass is 707 g/mol. The molecule has 0 spiro atoms. The van der Waals surface area contributed by atoms with E-state index in [0.29, 0.717) is 45.6 Å². The minimum Gasteiger partial charge on any atom is -0.338 e. The molecule has 5 N–H and O–H groups in total. The molecule has 3 amide bonds. The van der Waals surface area contributed by atoms with E-state index in [4.69, 9.17) is 23.1 Å². The maximum atomic E-state index is 13.7. The van der Waals surface area contributed by atoms with Crippen molar-refractivity contribution in [2.45, 2.75) is 43.9 Å². The van der Waals surface area contributed by atoms with Gasteiger partial charge in [0.05, 0.1) is 40.1 Å².